The average molecular weight is 246 g/mol. The first-order valence-corrected chi connectivity index (χ1v) is 5.86. The highest BCUT2D eigenvalue weighted by Gasteiger charge is 2.10. The van der Waals surface area contributed by atoms with E-state index in [1.807, 2.05) is 18.2 Å². The Morgan fingerprint density at radius 1 is 1.33 bits per heavy atom. The van der Waals surface area contributed by atoms with Crippen LogP contribution in [0.2, 0.25) is 0 Å². The number of amides is 1. The first kappa shape index (κ1) is 12.2. The van der Waals surface area contributed by atoms with Crippen LogP contribution in [0.1, 0.15) is 12.0 Å². The molecule has 0 bridgehead atoms. The predicted octanol–water partition coefficient (Wildman–Crippen LogP) is 1.03. The third-order valence-electron chi connectivity index (χ3n) is 2.61. The first-order valence-electron chi connectivity index (χ1n) is 5.86. The fourth-order valence-electron chi connectivity index (χ4n) is 1.72. The number of hydrogen-bond donors (Lipinski definition) is 1. The molecule has 0 unspecified atom stereocenters. The standard InChI is InChI=1S/C13H14N2O3/c14-9-13(16)15-5-4-10-2-3-11-12(8-10)18-7-1-6-17-11/h2-3,8H,1,4-7H2,(H,15,16). The van der Waals surface area contributed by atoms with Crippen molar-refractivity contribution in [2.45, 2.75) is 12.8 Å². The van der Waals surface area contributed by atoms with Crippen LogP contribution in [0.3, 0.4) is 0 Å². The van der Waals surface area contributed by atoms with Gasteiger partial charge in [0.1, 0.15) is 0 Å². The summed E-state index contributed by atoms with van der Waals surface area (Å²) in [5, 5.41) is 10.8. The van der Waals surface area contributed by atoms with E-state index in [9.17, 15) is 4.79 Å². The Bertz CT molecular complexity index is 480. The molecule has 1 aliphatic heterocycles. The number of rotatable bonds is 3. The molecule has 1 amide bonds. The number of hydrogen-bond acceptors (Lipinski definition) is 4. The van der Waals surface area contributed by atoms with E-state index in [4.69, 9.17) is 14.7 Å². The molecule has 0 radical (unpaired) electrons. The Balaban J connectivity index is 1.96. The minimum atomic E-state index is -0.607. The monoisotopic (exact) mass is 246 g/mol. The molecule has 5 heteroatoms. The highest BCUT2D eigenvalue weighted by molar-refractivity contribution is 5.91. The van der Waals surface area contributed by atoms with E-state index in [2.05, 4.69) is 5.32 Å². The second kappa shape index (κ2) is 5.92. The van der Waals surface area contributed by atoms with Crippen LogP contribution in [0.15, 0.2) is 18.2 Å². The van der Waals surface area contributed by atoms with Gasteiger partial charge in [0.25, 0.3) is 0 Å². The lowest BCUT2D eigenvalue weighted by atomic mass is 10.1. The molecule has 0 atom stereocenters. The molecule has 0 aliphatic carbocycles. The summed E-state index contributed by atoms with van der Waals surface area (Å²) in [5.74, 6) is 0.901. The number of nitriles is 1. The van der Waals surface area contributed by atoms with Gasteiger partial charge in [-0.1, -0.05) is 6.07 Å². The highest BCUT2D eigenvalue weighted by Crippen LogP contribution is 2.30. The Hall–Kier alpha value is -2.22. The van der Waals surface area contributed by atoms with Crippen LogP contribution < -0.4 is 14.8 Å². The van der Waals surface area contributed by atoms with Gasteiger partial charge >= 0.3 is 5.91 Å². The van der Waals surface area contributed by atoms with Gasteiger partial charge in [0.2, 0.25) is 0 Å². The van der Waals surface area contributed by atoms with Gasteiger partial charge in [0.15, 0.2) is 17.6 Å². The summed E-state index contributed by atoms with van der Waals surface area (Å²) in [6.07, 6.45) is 1.53. The van der Waals surface area contributed by atoms with E-state index < -0.39 is 5.91 Å². The van der Waals surface area contributed by atoms with E-state index in [0.717, 1.165) is 23.5 Å². The third-order valence-corrected chi connectivity index (χ3v) is 2.61. The molecular weight excluding hydrogens is 232 g/mol. The quantitative estimate of drug-likeness (QED) is 0.808. The van der Waals surface area contributed by atoms with Gasteiger partial charge in [0, 0.05) is 13.0 Å². The van der Waals surface area contributed by atoms with E-state index in [1.165, 1.54) is 6.07 Å². The van der Waals surface area contributed by atoms with E-state index in [-0.39, 0.29) is 0 Å². The molecule has 1 aliphatic rings. The van der Waals surface area contributed by atoms with Gasteiger partial charge in [-0.05, 0) is 24.1 Å². The topological polar surface area (TPSA) is 71.4 Å². The van der Waals surface area contributed by atoms with Crippen LogP contribution in [0.25, 0.3) is 0 Å². The number of carbonyl (C=O) groups excluding carboxylic acids is 1. The maximum Gasteiger partial charge on any atom is 0.322 e. The van der Waals surface area contributed by atoms with Crippen LogP contribution in [0, 0.1) is 11.3 Å². The fraction of sp³-hybridized carbons (Fsp3) is 0.385. The summed E-state index contributed by atoms with van der Waals surface area (Å²) in [7, 11) is 0. The zero-order valence-electron chi connectivity index (χ0n) is 9.94. The van der Waals surface area contributed by atoms with Crippen molar-refractivity contribution in [3.8, 4) is 17.6 Å². The van der Waals surface area contributed by atoms with Gasteiger partial charge in [-0.3, -0.25) is 4.79 Å². The Kier molecular flexibility index (Phi) is 4.02. The minimum Gasteiger partial charge on any atom is -0.490 e. The summed E-state index contributed by atoms with van der Waals surface area (Å²) in [6.45, 7) is 1.76. The van der Waals surface area contributed by atoms with Gasteiger partial charge in [0.05, 0.1) is 13.2 Å². The summed E-state index contributed by atoms with van der Waals surface area (Å²) in [5.41, 5.74) is 1.04. The molecule has 1 aromatic carbocycles. The molecule has 94 valence electrons. The normalized spacial score (nSPS) is 13.3. The number of carbonyl (C=O) groups is 1. The molecule has 0 aromatic heterocycles. The second-order valence-corrected chi connectivity index (χ2v) is 3.95. The molecule has 0 fully saturated rings. The van der Waals surface area contributed by atoms with Crippen molar-refractivity contribution in [3.63, 3.8) is 0 Å². The lowest BCUT2D eigenvalue weighted by molar-refractivity contribution is -0.115. The first-order chi connectivity index (χ1) is 8.79. The SMILES string of the molecule is N#CC(=O)NCCc1ccc2c(c1)OCCCO2. The molecule has 0 saturated heterocycles. The Labute approximate surface area is 105 Å². The van der Waals surface area contributed by atoms with Crippen molar-refractivity contribution in [2.24, 2.45) is 0 Å². The zero-order chi connectivity index (χ0) is 12.8. The summed E-state index contributed by atoms with van der Waals surface area (Å²) < 4.78 is 11.1. The molecule has 0 spiro atoms. The van der Waals surface area contributed by atoms with Crippen molar-refractivity contribution >= 4 is 5.91 Å². The Morgan fingerprint density at radius 3 is 2.89 bits per heavy atom. The lowest BCUT2D eigenvalue weighted by Gasteiger charge is -2.09. The fourth-order valence-corrected chi connectivity index (χ4v) is 1.72. The maximum absolute atomic E-state index is 10.8. The lowest BCUT2D eigenvalue weighted by Crippen LogP contribution is -2.23. The second-order valence-electron chi connectivity index (χ2n) is 3.95. The molecule has 1 N–H and O–H groups in total. The summed E-state index contributed by atoms with van der Waals surface area (Å²) in [4.78, 5) is 10.8. The van der Waals surface area contributed by atoms with Crippen molar-refractivity contribution in [1.82, 2.24) is 5.32 Å². The number of ether oxygens (including phenoxy) is 2. The minimum absolute atomic E-state index is 0.437. The maximum atomic E-state index is 10.8. The zero-order valence-corrected chi connectivity index (χ0v) is 9.94. The third kappa shape index (κ3) is 3.14. The molecule has 0 saturated carbocycles. The van der Waals surface area contributed by atoms with Gasteiger partial charge in [-0.2, -0.15) is 5.26 Å². The Morgan fingerprint density at radius 2 is 2.11 bits per heavy atom. The summed E-state index contributed by atoms with van der Waals surface area (Å²) >= 11 is 0. The number of fused-ring (bicyclic) bond motifs is 1. The predicted molar refractivity (Wildman–Crippen MR) is 64.4 cm³/mol. The van der Waals surface area contributed by atoms with Crippen molar-refractivity contribution < 1.29 is 14.3 Å². The van der Waals surface area contributed by atoms with Crippen molar-refractivity contribution in [2.75, 3.05) is 19.8 Å². The highest BCUT2D eigenvalue weighted by atomic mass is 16.5. The van der Waals surface area contributed by atoms with Crippen LogP contribution in [-0.4, -0.2) is 25.7 Å². The molecule has 5 nitrogen and oxygen atoms in total. The van der Waals surface area contributed by atoms with Gasteiger partial charge in [-0.15, -0.1) is 0 Å². The largest absolute Gasteiger partial charge is 0.490 e. The van der Waals surface area contributed by atoms with Crippen LogP contribution in [-0.2, 0) is 11.2 Å². The molecule has 2 rings (SSSR count). The van der Waals surface area contributed by atoms with Crippen molar-refractivity contribution in [3.05, 3.63) is 23.8 Å². The van der Waals surface area contributed by atoms with Crippen LogP contribution >= 0.6 is 0 Å². The van der Waals surface area contributed by atoms with Crippen LogP contribution in [0.4, 0.5) is 0 Å². The van der Waals surface area contributed by atoms with Crippen LogP contribution in [0.5, 0.6) is 11.5 Å². The molecule has 1 aromatic rings. The molecule has 18 heavy (non-hydrogen) atoms. The van der Waals surface area contributed by atoms with Gasteiger partial charge < -0.3 is 14.8 Å². The van der Waals surface area contributed by atoms with E-state index in [0.29, 0.717) is 26.2 Å². The molecular formula is C13H14N2O3. The number of benzene rings is 1. The van der Waals surface area contributed by atoms with E-state index in [1.54, 1.807) is 0 Å². The van der Waals surface area contributed by atoms with Gasteiger partial charge in [-0.25, -0.2) is 0 Å². The number of nitrogens with one attached hydrogen (secondary N) is 1. The molecule has 1 heterocycles. The van der Waals surface area contributed by atoms with Crippen molar-refractivity contribution in [1.29, 1.82) is 5.26 Å². The smallest absolute Gasteiger partial charge is 0.322 e. The van der Waals surface area contributed by atoms with E-state index >= 15 is 0 Å². The summed E-state index contributed by atoms with van der Waals surface area (Å²) in [6, 6.07) is 7.24. The average Bonchev–Trinajstić information content (AvgIpc) is 2.63. The number of nitrogens with zero attached hydrogens (tertiary/aromatic N) is 1.